The van der Waals surface area contributed by atoms with Gasteiger partial charge >= 0.3 is 0 Å². The smallest absolute Gasteiger partial charge is 0.166 e. The quantitative estimate of drug-likeness (QED) is 0.692. The molecule has 0 aliphatic rings. The van der Waals surface area contributed by atoms with Gasteiger partial charge in [-0.1, -0.05) is 24.3 Å². The van der Waals surface area contributed by atoms with Crippen molar-refractivity contribution in [3.8, 4) is 0 Å². The fourth-order valence-electron chi connectivity index (χ4n) is 2.16. The number of hydrogen-bond acceptors (Lipinski definition) is 3. The molecule has 23 heavy (non-hydrogen) atoms. The lowest BCUT2D eigenvalue weighted by Crippen LogP contribution is -2.35. The van der Waals surface area contributed by atoms with Gasteiger partial charge in [0.15, 0.2) is 5.11 Å². The molecule has 0 fully saturated rings. The number of thiocarbonyl (C=S) groups is 1. The second-order valence-electron chi connectivity index (χ2n) is 5.06. The van der Waals surface area contributed by atoms with E-state index >= 15 is 0 Å². The summed E-state index contributed by atoms with van der Waals surface area (Å²) >= 11 is 6.96. The molecule has 3 nitrogen and oxygen atoms in total. The van der Waals surface area contributed by atoms with Gasteiger partial charge in [0.1, 0.15) is 5.82 Å². The molecule has 0 saturated heterocycles. The lowest BCUT2D eigenvalue weighted by molar-refractivity contribution is 0.626. The van der Waals surface area contributed by atoms with Crippen molar-refractivity contribution in [1.29, 1.82) is 0 Å². The Morgan fingerprint density at radius 1 is 1.09 bits per heavy atom. The van der Waals surface area contributed by atoms with Gasteiger partial charge < -0.3 is 10.6 Å². The van der Waals surface area contributed by atoms with Gasteiger partial charge in [0, 0.05) is 19.5 Å². The molecule has 0 radical (unpaired) electrons. The molecular weight excluding hydrogens is 329 g/mol. The first-order valence-corrected chi connectivity index (χ1v) is 8.54. The molecule has 0 aliphatic carbocycles. The van der Waals surface area contributed by atoms with E-state index in [0.29, 0.717) is 11.7 Å². The van der Waals surface area contributed by atoms with Crippen LogP contribution < -0.4 is 10.6 Å². The Kier molecular flexibility index (Phi) is 5.15. The van der Waals surface area contributed by atoms with Crippen LogP contribution in [0.2, 0.25) is 0 Å². The zero-order valence-electron chi connectivity index (χ0n) is 12.4. The summed E-state index contributed by atoms with van der Waals surface area (Å²) in [6.45, 7) is 1.31. The van der Waals surface area contributed by atoms with Crippen LogP contribution in [0.25, 0.3) is 10.2 Å². The lowest BCUT2D eigenvalue weighted by Gasteiger charge is -2.09. The van der Waals surface area contributed by atoms with Crippen molar-refractivity contribution in [3.63, 3.8) is 0 Å². The topological polar surface area (TPSA) is 37.0 Å². The fraction of sp³-hybridized carbons (Fsp3) is 0.176. The van der Waals surface area contributed by atoms with Gasteiger partial charge in [-0.25, -0.2) is 9.37 Å². The van der Waals surface area contributed by atoms with E-state index in [1.54, 1.807) is 23.5 Å². The van der Waals surface area contributed by atoms with Gasteiger partial charge in [0.05, 0.1) is 15.2 Å². The van der Waals surface area contributed by atoms with E-state index < -0.39 is 0 Å². The van der Waals surface area contributed by atoms with Crippen molar-refractivity contribution in [2.24, 2.45) is 0 Å². The van der Waals surface area contributed by atoms with Gasteiger partial charge in [-0.15, -0.1) is 11.3 Å². The molecule has 2 N–H and O–H groups in total. The monoisotopic (exact) mass is 345 g/mol. The maximum absolute atomic E-state index is 12.8. The summed E-state index contributed by atoms with van der Waals surface area (Å²) in [5.74, 6) is -0.231. The van der Waals surface area contributed by atoms with Gasteiger partial charge in [-0.2, -0.15) is 0 Å². The number of halogens is 1. The molecule has 0 atom stereocenters. The fourth-order valence-corrected chi connectivity index (χ4v) is 3.30. The molecule has 0 bridgehead atoms. The Hall–Kier alpha value is -2.05. The minimum Gasteiger partial charge on any atom is -0.362 e. The molecule has 1 heterocycles. The van der Waals surface area contributed by atoms with Gasteiger partial charge in [0.2, 0.25) is 0 Å². The molecule has 0 unspecified atom stereocenters. The van der Waals surface area contributed by atoms with Crippen molar-refractivity contribution in [3.05, 3.63) is 64.9 Å². The van der Waals surface area contributed by atoms with E-state index in [-0.39, 0.29) is 5.82 Å². The molecule has 2 aromatic carbocycles. The second kappa shape index (κ2) is 7.48. The van der Waals surface area contributed by atoms with Crippen LogP contribution in [0.3, 0.4) is 0 Å². The molecular formula is C17H16FN3S2. The summed E-state index contributed by atoms with van der Waals surface area (Å²) in [5, 5.41) is 7.97. The van der Waals surface area contributed by atoms with Crippen molar-refractivity contribution in [2.45, 2.75) is 13.0 Å². The number of nitrogens with zero attached hydrogens (tertiary/aromatic N) is 1. The van der Waals surface area contributed by atoms with Crippen LogP contribution in [0.4, 0.5) is 4.39 Å². The Morgan fingerprint density at radius 3 is 2.65 bits per heavy atom. The van der Waals surface area contributed by atoms with Gasteiger partial charge in [0.25, 0.3) is 0 Å². The lowest BCUT2D eigenvalue weighted by atomic mass is 10.2. The average Bonchev–Trinajstić information content (AvgIpc) is 2.97. The van der Waals surface area contributed by atoms with Crippen LogP contribution in [-0.4, -0.2) is 16.6 Å². The zero-order valence-corrected chi connectivity index (χ0v) is 14.0. The Morgan fingerprint density at radius 2 is 1.87 bits per heavy atom. The summed E-state index contributed by atoms with van der Waals surface area (Å²) in [5.41, 5.74) is 2.03. The molecule has 3 aromatic rings. The minimum absolute atomic E-state index is 0.231. The highest BCUT2D eigenvalue weighted by Gasteiger charge is 2.03. The number of thiazole rings is 1. The van der Waals surface area contributed by atoms with E-state index in [9.17, 15) is 4.39 Å². The number of fused-ring (bicyclic) bond motifs is 1. The molecule has 6 heteroatoms. The first kappa shape index (κ1) is 15.8. The molecule has 0 saturated carbocycles. The summed E-state index contributed by atoms with van der Waals surface area (Å²) in [6, 6.07) is 14.5. The molecule has 0 aliphatic heterocycles. The first-order valence-electron chi connectivity index (χ1n) is 7.31. The molecule has 0 spiro atoms. The van der Waals surface area contributed by atoms with E-state index in [0.717, 1.165) is 29.1 Å². The third-order valence-electron chi connectivity index (χ3n) is 3.33. The minimum atomic E-state index is -0.231. The normalized spacial score (nSPS) is 10.7. The van der Waals surface area contributed by atoms with Crippen LogP contribution in [0.1, 0.15) is 10.6 Å². The number of aromatic nitrogens is 1. The van der Waals surface area contributed by atoms with E-state index in [1.807, 2.05) is 18.2 Å². The van der Waals surface area contributed by atoms with Crippen molar-refractivity contribution in [1.82, 2.24) is 15.6 Å². The molecule has 118 valence electrons. The number of para-hydroxylation sites is 1. The number of benzene rings is 2. The highest BCUT2D eigenvalue weighted by molar-refractivity contribution is 7.80. The number of nitrogens with one attached hydrogen (secondary N) is 2. The maximum atomic E-state index is 12.8. The standard InChI is InChI=1S/C17H16FN3S2/c18-13-7-5-12(6-8-13)11-20-17(22)19-10-9-16-21-14-3-1-2-4-15(14)23-16/h1-8H,9-11H2,(H2,19,20,22). The van der Waals surface area contributed by atoms with Crippen molar-refractivity contribution in [2.75, 3.05) is 6.54 Å². The van der Waals surface area contributed by atoms with Gasteiger partial charge in [-0.05, 0) is 42.0 Å². The summed E-state index contributed by atoms with van der Waals surface area (Å²) < 4.78 is 14.0. The van der Waals surface area contributed by atoms with E-state index in [1.165, 1.54) is 16.8 Å². The maximum Gasteiger partial charge on any atom is 0.166 e. The largest absolute Gasteiger partial charge is 0.362 e. The molecule has 1 aromatic heterocycles. The van der Waals surface area contributed by atoms with Crippen LogP contribution in [0.5, 0.6) is 0 Å². The highest BCUT2D eigenvalue weighted by atomic mass is 32.1. The van der Waals surface area contributed by atoms with Gasteiger partial charge in [-0.3, -0.25) is 0 Å². The van der Waals surface area contributed by atoms with E-state index in [2.05, 4.69) is 21.7 Å². The summed E-state index contributed by atoms with van der Waals surface area (Å²) in [6.07, 6.45) is 0.831. The Labute approximate surface area is 143 Å². The zero-order chi connectivity index (χ0) is 16.1. The number of rotatable bonds is 5. The van der Waals surface area contributed by atoms with E-state index in [4.69, 9.17) is 12.2 Å². The summed E-state index contributed by atoms with van der Waals surface area (Å²) in [4.78, 5) is 4.59. The second-order valence-corrected chi connectivity index (χ2v) is 6.58. The third kappa shape index (κ3) is 4.46. The third-order valence-corrected chi connectivity index (χ3v) is 4.71. The van der Waals surface area contributed by atoms with Crippen LogP contribution >= 0.6 is 23.6 Å². The summed E-state index contributed by atoms with van der Waals surface area (Å²) in [7, 11) is 0. The van der Waals surface area contributed by atoms with Crippen molar-refractivity contribution >= 4 is 38.9 Å². The first-order chi connectivity index (χ1) is 11.2. The average molecular weight is 345 g/mol. The number of hydrogen-bond donors (Lipinski definition) is 2. The predicted molar refractivity (Wildman–Crippen MR) is 97.2 cm³/mol. The Bertz CT molecular complexity index is 766. The molecule has 0 amide bonds. The Balaban J connectivity index is 1.43. The predicted octanol–water partition coefficient (Wildman–Crippen LogP) is 3.64. The van der Waals surface area contributed by atoms with Crippen LogP contribution in [0.15, 0.2) is 48.5 Å². The SMILES string of the molecule is Fc1ccc(CNC(=S)NCCc2nc3ccccc3s2)cc1. The molecule has 3 rings (SSSR count). The van der Waals surface area contributed by atoms with Crippen LogP contribution in [0, 0.1) is 5.82 Å². The van der Waals surface area contributed by atoms with Crippen molar-refractivity contribution < 1.29 is 4.39 Å². The highest BCUT2D eigenvalue weighted by Crippen LogP contribution is 2.21. The van der Waals surface area contributed by atoms with Crippen LogP contribution in [-0.2, 0) is 13.0 Å².